The molecule has 5 heteroatoms. The number of likely N-dealkylation sites (N-methyl/N-ethyl adjacent to an activating group) is 1. The first kappa shape index (κ1) is 15.5. The van der Waals surface area contributed by atoms with Gasteiger partial charge in [0.15, 0.2) is 6.04 Å². The molecule has 0 radical (unpaired) electrons. The summed E-state index contributed by atoms with van der Waals surface area (Å²) in [5, 5.41) is 9.44. The summed E-state index contributed by atoms with van der Waals surface area (Å²) in [6, 6.07) is 7.92. The third kappa shape index (κ3) is 4.04. The topological polar surface area (TPSA) is 66.8 Å². The molecule has 1 saturated heterocycles. The molecule has 1 unspecified atom stereocenters. The molecule has 1 fully saturated rings. The first-order valence-corrected chi connectivity index (χ1v) is 7.20. The Balaban J connectivity index is 2.05. The smallest absolute Gasteiger partial charge is 0.331 e. The maximum atomic E-state index is 12.4. The van der Waals surface area contributed by atoms with Crippen molar-refractivity contribution >= 4 is 11.9 Å². The minimum atomic E-state index is -1.01. The van der Waals surface area contributed by atoms with Crippen LogP contribution >= 0.6 is 0 Å². The van der Waals surface area contributed by atoms with Gasteiger partial charge in [-0.25, -0.2) is 4.79 Å². The van der Waals surface area contributed by atoms with Crippen LogP contribution < -0.4 is 0 Å². The number of amides is 1. The summed E-state index contributed by atoms with van der Waals surface area (Å²) in [4.78, 5) is 25.2. The lowest BCUT2D eigenvalue weighted by Gasteiger charge is -2.28. The molecule has 1 heterocycles. The molecule has 1 aliphatic heterocycles. The molecule has 1 N–H and O–H groups in total. The van der Waals surface area contributed by atoms with E-state index in [-0.39, 0.29) is 5.91 Å². The zero-order valence-corrected chi connectivity index (χ0v) is 12.2. The van der Waals surface area contributed by atoms with Crippen molar-refractivity contribution in [3.63, 3.8) is 0 Å². The van der Waals surface area contributed by atoms with E-state index in [1.165, 1.54) is 4.90 Å². The van der Waals surface area contributed by atoms with Crippen molar-refractivity contribution in [1.82, 2.24) is 4.90 Å². The lowest BCUT2D eigenvalue weighted by molar-refractivity contribution is -0.150. The number of hydrogen-bond donors (Lipinski definition) is 1. The van der Waals surface area contributed by atoms with Gasteiger partial charge >= 0.3 is 5.97 Å². The van der Waals surface area contributed by atoms with Gasteiger partial charge in [-0.05, 0) is 24.3 Å². The number of carbonyl (C=O) groups is 2. The van der Waals surface area contributed by atoms with Crippen LogP contribution in [0.25, 0.3) is 0 Å². The summed E-state index contributed by atoms with van der Waals surface area (Å²) < 4.78 is 5.28. The standard InChI is InChI=1S/C16H21NO4/c1-17(14(18)11-12-7-9-21-10-8-12)15(16(19)20)13-5-3-2-4-6-13/h2-6,12,15H,7-11H2,1H3,(H,19,20). The van der Waals surface area contributed by atoms with E-state index in [2.05, 4.69) is 0 Å². The van der Waals surface area contributed by atoms with Crippen molar-refractivity contribution < 1.29 is 19.4 Å². The summed E-state index contributed by atoms with van der Waals surface area (Å²) >= 11 is 0. The second-order valence-corrected chi connectivity index (χ2v) is 5.42. The molecule has 0 saturated carbocycles. The number of hydrogen-bond acceptors (Lipinski definition) is 3. The van der Waals surface area contributed by atoms with Gasteiger partial charge in [-0.1, -0.05) is 30.3 Å². The first-order valence-electron chi connectivity index (χ1n) is 7.20. The molecule has 2 rings (SSSR count). The van der Waals surface area contributed by atoms with Gasteiger partial charge in [0.1, 0.15) is 0 Å². The quantitative estimate of drug-likeness (QED) is 0.902. The van der Waals surface area contributed by atoms with E-state index in [9.17, 15) is 14.7 Å². The highest BCUT2D eigenvalue weighted by Gasteiger charge is 2.29. The SMILES string of the molecule is CN(C(=O)CC1CCOCC1)C(C(=O)O)c1ccccc1. The van der Waals surface area contributed by atoms with Crippen LogP contribution in [0.4, 0.5) is 0 Å². The minimum absolute atomic E-state index is 0.127. The molecule has 0 aliphatic carbocycles. The Morgan fingerprint density at radius 1 is 1.29 bits per heavy atom. The number of carboxylic acid groups (broad SMARTS) is 1. The molecular weight excluding hydrogens is 270 g/mol. The number of nitrogens with zero attached hydrogens (tertiary/aromatic N) is 1. The van der Waals surface area contributed by atoms with Crippen molar-refractivity contribution in [2.24, 2.45) is 5.92 Å². The van der Waals surface area contributed by atoms with Gasteiger partial charge in [-0.3, -0.25) is 4.79 Å². The fourth-order valence-electron chi connectivity index (χ4n) is 2.65. The molecule has 1 amide bonds. The second kappa shape index (κ2) is 7.22. The maximum absolute atomic E-state index is 12.4. The van der Waals surface area contributed by atoms with E-state index in [1.807, 2.05) is 6.07 Å². The van der Waals surface area contributed by atoms with E-state index in [0.717, 1.165) is 12.8 Å². The Kier molecular flexibility index (Phi) is 5.33. The number of rotatable bonds is 5. The number of carboxylic acids is 1. The van der Waals surface area contributed by atoms with Crippen LogP contribution in [0, 0.1) is 5.92 Å². The molecular formula is C16H21NO4. The minimum Gasteiger partial charge on any atom is -0.479 e. The molecule has 1 atom stereocenters. The van der Waals surface area contributed by atoms with Gasteiger partial charge in [-0.2, -0.15) is 0 Å². The van der Waals surface area contributed by atoms with Crippen molar-refractivity contribution in [2.75, 3.05) is 20.3 Å². The molecule has 0 aromatic heterocycles. The van der Waals surface area contributed by atoms with Gasteiger partial charge in [0.2, 0.25) is 5.91 Å². The molecule has 21 heavy (non-hydrogen) atoms. The Bertz CT molecular complexity index is 482. The first-order chi connectivity index (χ1) is 10.1. The fraction of sp³-hybridized carbons (Fsp3) is 0.500. The Hall–Kier alpha value is -1.88. The van der Waals surface area contributed by atoms with Gasteiger partial charge < -0.3 is 14.7 Å². The average molecular weight is 291 g/mol. The van der Waals surface area contributed by atoms with E-state index >= 15 is 0 Å². The lowest BCUT2D eigenvalue weighted by Crippen LogP contribution is -2.37. The third-order valence-electron chi connectivity index (χ3n) is 3.93. The molecule has 1 aliphatic rings. The van der Waals surface area contributed by atoms with Crippen molar-refractivity contribution in [1.29, 1.82) is 0 Å². The average Bonchev–Trinajstić information content (AvgIpc) is 2.49. The van der Waals surface area contributed by atoms with E-state index in [0.29, 0.717) is 31.1 Å². The summed E-state index contributed by atoms with van der Waals surface area (Å²) in [6.07, 6.45) is 2.11. The van der Waals surface area contributed by atoms with Crippen molar-refractivity contribution in [3.05, 3.63) is 35.9 Å². The van der Waals surface area contributed by atoms with Crippen LogP contribution in [0.5, 0.6) is 0 Å². The molecule has 0 spiro atoms. The van der Waals surface area contributed by atoms with Gasteiger partial charge in [0, 0.05) is 26.7 Å². The van der Waals surface area contributed by atoms with Gasteiger partial charge in [0.25, 0.3) is 0 Å². The highest BCUT2D eigenvalue weighted by Crippen LogP contribution is 2.24. The van der Waals surface area contributed by atoms with Crippen LogP contribution in [0.2, 0.25) is 0 Å². The zero-order valence-electron chi connectivity index (χ0n) is 12.2. The zero-order chi connectivity index (χ0) is 15.2. The fourth-order valence-corrected chi connectivity index (χ4v) is 2.65. The molecule has 1 aromatic rings. The highest BCUT2D eigenvalue weighted by atomic mass is 16.5. The number of aliphatic carboxylic acids is 1. The van der Waals surface area contributed by atoms with Crippen LogP contribution in [0.3, 0.4) is 0 Å². The Morgan fingerprint density at radius 3 is 2.48 bits per heavy atom. The maximum Gasteiger partial charge on any atom is 0.331 e. The summed E-state index contributed by atoms with van der Waals surface area (Å²) in [7, 11) is 1.56. The van der Waals surface area contributed by atoms with E-state index in [4.69, 9.17) is 4.74 Å². The third-order valence-corrected chi connectivity index (χ3v) is 3.93. The van der Waals surface area contributed by atoms with Crippen molar-refractivity contribution in [3.8, 4) is 0 Å². The molecule has 1 aromatic carbocycles. The van der Waals surface area contributed by atoms with E-state index < -0.39 is 12.0 Å². The highest BCUT2D eigenvalue weighted by molar-refractivity contribution is 5.84. The monoisotopic (exact) mass is 291 g/mol. The normalized spacial score (nSPS) is 17.2. The van der Waals surface area contributed by atoms with Crippen LogP contribution in [-0.4, -0.2) is 42.1 Å². The van der Waals surface area contributed by atoms with E-state index in [1.54, 1.807) is 31.3 Å². The predicted octanol–water partition coefficient (Wildman–Crippen LogP) is 2.09. The Labute approximate surface area is 124 Å². The molecule has 114 valence electrons. The molecule has 0 bridgehead atoms. The largest absolute Gasteiger partial charge is 0.479 e. The summed E-state index contributed by atoms with van der Waals surface area (Å²) in [5.74, 6) is -0.846. The number of carbonyl (C=O) groups excluding carboxylic acids is 1. The summed E-state index contributed by atoms with van der Waals surface area (Å²) in [6.45, 7) is 1.37. The number of ether oxygens (including phenoxy) is 1. The number of benzene rings is 1. The predicted molar refractivity (Wildman–Crippen MR) is 77.7 cm³/mol. The Morgan fingerprint density at radius 2 is 1.90 bits per heavy atom. The van der Waals surface area contributed by atoms with Crippen molar-refractivity contribution in [2.45, 2.75) is 25.3 Å². The van der Waals surface area contributed by atoms with Crippen LogP contribution in [-0.2, 0) is 14.3 Å². The summed E-state index contributed by atoms with van der Waals surface area (Å²) in [5.41, 5.74) is 0.618. The lowest BCUT2D eigenvalue weighted by atomic mass is 9.95. The molecule has 5 nitrogen and oxygen atoms in total. The van der Waals surface area contributed by atoms with Gasteiger partial charge in [-0.15, -0.1) is 0 Å². The van der Waals surface area contributed by atoms with Gasteiger partial charge in [0.05, 0.1) is 0 Å². The second-order valence-electron chi connectivity index (χ2n) is 5.42. The van der Waals surface area contributed by atoms with Crippen LogP contribution in [0.15, 0.2) is 30.3 Å². The van der Waals surface area contributed by atoms with Crippen LogP contribution in [0.1, 0.15) is 30.9 Å².